The van der Waals surface area contributed by atoms with Crippen LogP contribution >= 0.6 is 0 Å². The SMILES string of the molecule is CCCCCCCCCCCCCCCCCCCCCC/C=C/C(O)C(CO)NC(=O)CCCCCCCCCCCCCCCCCCCCCCCCCOC(=O)CCCCCCCCCCCCCCCCCC. The van der Waals surface area contributed by atoms with Gasteiger partial charge in [-0.3, -0.25) is 9.59 Å². The van der Waals surface area contributed by atoms with Crippen LogP contribution in [0, 0.1) is 0 Å². The monoisotopic (exact) mass is 1100 g/mol. The number of allylic oxidation sites excluding steroid dienone is 1. The van der Waals surface area contributed by atoms with E-state index < -0.39 is 12.1 Å². The first kappa shape index (κ1) is 76.6. The van der Waals surface area contributed by atoms with Gasteiger partial charge in [0.25, 0.3) is 0 Å². The third-order valence-corrected chi connectivity index (χ3v) is 17.1. The second-order valence-electron chi connectivity index (χ2n) is 24.9. The van der Waals surface area contributed by atoms with Crippen LogP contribution in [0.3, 0.4) is 0 Å². The summed E-state index contributed by atoms with van der Waals surface area (Å²) in [6.07, 6.45) is 84.3. The zero-order valence-corrected chi connectivity index (χ0v) is 53.2. The average Bonchev–Trinajstić information content (AvgIpc) is 3.44. The smallest absolute Gasteiger partial charge is 0.305 e. The summed E-state index contributed by atoms with van der Waals surface area (Å²) in [6, 6.07) is -0.628. The Morgan fingerprint density at radius 1 is 0.346 bits per heavy atom. The molecule has 0 aliphatic heterocycles. The highest BCUT2D eigenvalue weighted by molar-refractivity contribution is 5.76. The quantitative estimate of drug-likeness (QED) is 0.0320. The minimum Gasteiger partial charge on any atom is -0.466 e. The molecule has 0 fully saturated rings. The lowest BCUT2D eigenvalue weighted by Crippen LogP contribution is -2.45. The van der Waals surface area contributed by atoms with Crippen LogP contribution in [0.1, 0.15) is 412 Å². The third kappa shape index (κ3) is 63.8. The first-order valence-corrected chi connectivity index (χ1v) is 36.0. The average molecular weight is 1100 g/mol. The zero-order chi connectivity index (χ0) is 56.4. The highest BCUT2D eigenvalue weighted by Crippen LogP contribution is 2.19. The Morgan fingerprint density at radius 3 is 0.872 bits per heavy atom. The molecular weight excluding hydrogens is 959 g/mol. The number of unbranched alkanes of at least 4 members (excludes halogenated alkanes) is 57. The van der Waals surface area contributed by atoms with Crippen molar-refractivity contribution in [3.8, 4) is 0 Å². The molecule has 0 spiro atoms. The Hall–Kier alpha value is -1.40. The van der Waals surface area contributed by atoms with Crippen LogP contribution in [-0.2, 0) is 14.3 Å². The highest BCUT2D eigenvalue weighted by Gasteiger charge is 2.18. The fourth-order valence-electron chi connectivity index (χ4n) is 11.6. The van der Waals surface area contributed by atoms with Crippen molar-refractivity contribution in [1.29, 1.82) is 0 Å². The van der Waals surface area contributed by atoms with Crippen molar-refractivity contribution in [3.05, 3.63) is 12.2 Å². The molecule has 0 saturated carbocycles. The zero-order valence-electron chi connectivity index (χ0n) is 53.2. The van der Waals surface area contributed by atoms with Crippen molar-refractivity contribution in [3.63, 3.8) is 0 Å². The third-order valence-electron chi connectivity index (χ3n) is 17.1. The van der Waals surface area contributed by atoms with Crippen LogP contribution in [0.5, 0.6) is 0 Å². The van der Waals surface area contributed by atoms with Gasteiger partial charge in [0.2, 0.25) is 5.91 Å². The van der Waals surface area contributed by atoms with Gasteiger partial charge >= 0.3 is 5.97 Å². The molecule has 6 nitrogen and oxygen atoms in total. The molecule has 3 N–H and O–H groups in total. The molecule has 464 valence electrons. The van der Waals surface area contributed by atoms with Gasteiger partial charge in [-0.2, -0.15) is 0 Å². The molecule has 0 aromatic rings. The van der Waals surface area contributed by atoms with Crippen molar-refractivity contribution >= 4 is 11.9 Å². The van der Waals surface area contributed by atoms with Gasteiger partial charge in [0.15, 0.2) is 0 Å². The summed E-state index contributed by atoms with van der Waals surface area (Å²) < 4.78 is 5.50. The number of hydrogen-bond donors (Lipinski definition) is 3. The Morgan fingerprint density at radius 2 is 0.590 bits per heavy atom. The van der Waals surface area contributed by atoms with Gasteiger partial charge in [0.1, 0.15) is 0 Å². The summed E-state index contributed by atoms with van der Waals surface area (Å²) in [5.74, 6) is -0.0439. The summed E-state index contributed by atoms with van der Waals surface area (Å²) in [4.78, 5) is 24.6. The molecule has 0 saturated heterocycles. The molecule has 0 aliphatic rings. The van der Waals surface area contributed by atoms with E-state index in [4.69, 9.17) is 4.74 Å². The number of aliphatic hydroxyl groups excluding tert-OH is 2. The lowest BCUT2D eigenvalue weighted by molar-refractivity contribution is -0.143. The van der Waals surface area contributed by atoms with Crippen molar-refractivity contribution in [2.75, 3.05) is 13.2 Å². The molecule has 0 rings (SSSR count). The molecule has 78 heavy (non-hydrogen) atoms. The number of ether oxygens (including phenoxy) is 1. The Bertz CT molecular complexity index is 1180. The number of esters is 1. The van der Waals surface area contributed by atoms with Crippen LogP contribution in [-0.4, -0.2) is 47.4 Å². The number of nitrogens with one attached hydrogen (secondary N) is 1. The molecule has 6 heteroatoms. The molecule has 0 bridgehead atoms. The number of hydrogen-bond acceptors (Lipinski definition) is 5. The van der Waals surface area contributed by atoms with Crippen LogP contribution in [0.25, 0.3) is 0 Å². The molecule has 1 amide bonds. The van der Waals surface area contributed by atoms with Gasteiger partial charge in [-0.1, -0.05) is 379 Å². The first-order chi connectivity index (χ1) is 38.5. The molecule has 2 atom stereocenters. The van der Waals surface area contributed by atoms with E-state index in [0.717, 1.165) is 38.5 Å². The largest absolute Gasteiger partial charge is 0.466 e. The standard InChI is InChI=1S/C72H141NO5/c1-3-5-7-9-11-13-15-17-19-21-22-23-27-30-33-36-40-44-48-52-56-60-64-70(75)69(68-74)73-71(76)65-61-57-53-49-45-41-37-34-31-28-25-24-26-29-32-35-39-43-47-51-55-59-63-67-78-72(77)66-62-58-54-50-46-42-38-20-18-16-14-12-10-8-6-4-2/h60,64,69-70,74-75H,3-59,61-63,65-68H2,1-2H3,(H,73,76)/b64-60+. The van der Waals surface area contributed by atoms with E-state index in [0.29, 0.717) is 19.4 Å². The maximum Gasteiger partial charge on any atom is 0.305 e. The molecule has 0 heterocycles. The van der Waals surface area contributed by atoms with Gasteiger partial charge in [-0.25, -0.2) is 0 Å². The Balaban J connectivity index is 3.38. The van der Waals surface area contributed by atoms with Crippen molar-refractivity contribution in [1.82, 2.24) is 5.32 Å². The molecule has 0 radical (unpaired) electrons. The van der Waals surface area contributed by atoms with E-state index in [1.165, 1.54) is 347 Å². The van der Waals surface area contributed by atoms with E-state index in [9.17, 15) is 19.8 Å². The summed E-state index contributed by atoms with van der Waals surface area (Å²) >= 11 is 0. The predicted octanol–water partition coefficient (Wildman–Crippen LogP) is 23.1. The van der Waals surface area contributed by atoms with Crippen LogP contribution in [0.2, 0.25) is 0 Å². The second-order valence-corrected chi connectivity index (χ2v) is 24.9. The molecule has 0 aliphatic carbocycles. The van der Waals surface area contributed by atoms with Crippen molar-refractivity contribution in [2.24, 2.45) is 0 Å². The second kappa shape index (κ2) is 68.1. The number of aliphatic hydroxyl groups is 2. The number of rotatable bonds is 68. The van der Waals surface area contributed by atoms with E-state index in [1.54, 1.807) is 6.08 Å². The number of carbonyl (C=O) groups excluding carboxylic acids is 2. The normalized spacial score (nSPS) is 12.5. The summed E-state index contributed by atoms with van der Waals surface area (Å²) in [5, 5.41) is 23.3. The number of amides is 1. The van der Waals surface area contributed by atoms with Crippen LogP contribution < -0.4 is 5.32 Å². The molecular formula is C72H141NO5. The Kier molecular flexibility index (Phi) is 66.9. The van der Waals surface area contributed by atoms with Gasteiger partial charge in [-0.05, 0) is 32.1 Å². The minimum atomic E-state index is -0.845. The molecule has 0 aromatic heterocycles. The molecule has 2 unspecified atom stereocenters. The first-order valence-electron chi connectivity index (χ1n) is 36.0. The fraction of sp³-hybridized carbons (Fsp3) is 0.944. The molecule has 0 aromatic carbocycles. The van der Waals surface area contributed by atoms with Crippen molar-refractivity contribution in [2.45, 2.75) is 424 Å². The van der Waals surface area contributed by atoms with Crippen LogP contribution in [0.4, 0.5) is 0 Å². The lowest BCUT2D eigenvalue weighted by Gasteiger charge is -2.20. The van der Waals surface area contributed by atoms with E-state index in [1.807, 2.05) is 6.08 Å². The Labute approximate surface area is 489 Å². The lowest BCUT2D eigenvalue weighted by atomic mass is 10.0. The van der Waals surface area contributed by atoms with Crippen molar-refractivity contribution < 1.29 is 24.5 Å². The minimum absolute atomic E-state index is 0.0186. The van der Waals surface area contributed by atoms with E-state index in [-0.39, 0.29) is 18.5 Å². The van der Waals surface area contributed by atoms with Gasteiger partial charge in [0, 0.05) is 12.8 Å². The maximum atomic E-state index is 12.5. The highest BCUT2D eigenvalue weighted by atomic mass is 16.5. The predicted molar refractivity (Wildman–Crippen MR) is 343 cm³/mol. The van der Waals surface area contributed by atoms with E-state index >= 15 is 0 Å². The van der Waals surface area contributed by atoms with Gasteiger partial charge in [-0.15, -0.1) is 0 Å². The maximum absolute atomic E-state index is 12.5. The summed E-state index contributed by atoms with van der Waals surface area (Å²) in [7, 11) is 0. The summed E-state index contributed by atoms with van der Waals surface area (Å²) in [5.41, 5.74) is 0. The van der Waals surface area contributed by atoms with Gasteiger partial charge in [0.05, 0.1) is 25.4 Å². The number of carbonyl (C=O) groups is 2. The summed E-state index contributed by atoms with van der Waals surface area (Å²) in [6.45, 7) is 4.95. The van der Waals surface area contributed by atoms with Gasteiger partial charge < -0.3 is 20.3 Å². The van der Waals surface area contributed by atoms with Crippen LogP contribution in [0.15, 0.2) is 12.2 Å². The topological polar surface area (TPSA) is 95.9 Å². The van der Waals surface area contributed by atoms with E-state index in [2.05, 4.69) is 19.2 Å². The fourth-order valence-corrected chi connectivity index (χ4v) is 11.6.